The standard InChI is InChI=1S/C16H26N2O2S/c1-5-15(17-4)12-7-6-8-14(9-12)21(19,20)18-11-13-10-16(13,2)3/h6-9,13,15,17-18H,5,10-11H2,1-4H3. The maximum absolute atomic E-state index is 12.4. The van der Waals surface area contributed by atoms with Gasteiger partial charge in [-0.05, 0) is 48.9 Å². The molecule has 5 heteroatoms. The molecule has 1 saturated carbocycles. The highest BCUT2D eigenvalue weighted by molar-refractivity contribution is 7.89. The summed E-state index contributed by atoms with van der Waals surface area (Å²) < 4.78 is 27.5. The molecule has 0 aromatic heterocycles. The van der Waals surface area contributed by atoms with Gasteiger partial charge in [0.1, 0.15) is 0 Å². The molecule has 21 heavy (non-hydrogen) atoms. The van der Waals surface area contributed by atoms with E-state index in [0.717, 1.165) is 18.4 Å². The number of nitrogens with one attached hydrogen (secondary N) is 2. The van der Waals surface area contributed by atoms with Gasteiger partial charge in [-0.15, -0.1) is 0 Å². The summed E-state index contributed by atoms with van der Waals surface area (Å²) in [5, 5.41) is 3.20. The molecule has 1 aromatic rings. The molecular formula is C16H26N2O2S. The molecule has 1 aliphatic carbocycles. The van der Waals surface area contributed by atoms with Crippen LogP contribution in [-0.4, -0.2) is 22.0 Å². The highest BCUT2D eigenvalue weighted by atomic mass is 32.2. The minimum Gasteiger partial charge on any atom is -0.313 e. The van der Waals surface area contributed by atoms with Gasteiger partial charge in [0.2, 0.25) is 10.0 Å². The van der Waals surface area contributed by atoms with Gasteiger partial charge < -0.3 is 5.32 Å². The maximum atomic E-state index is 12.4. The minimum atomic E-state index is -3.42. The van der Waals surface area contributed by atoms with Crippen molar-refractivity contribution in [3.8, 4) is 0 Å². The van der Waals surface area contributed by atoms with Crippen LogP contribution in [0.5, 0.6) is 0 Å². The van der Waals surface area contributed by atoms with Crippen LogP contribution in [0.2, 0.25) is 0 Å². The number of hydrogen-bond donors (Lipinski definition) is 2. The molecular weight excluding hydrogens is 284 g/mol. The van der Waals surface area contributed by atoms with E-state index in [1.807, 2.05) is 19.2 Å². The van der Waals surface area contributed by atoms with Gasteiger partial charge in [0.25, 0.3) is 0 Å². The van der Waals surface area contributed by atoms with Crippen molar-refractivity contribution < 1.29 is 8.42 Å². The Morgan fingerprint density at radius 1 is 1.38 bits per heavy atom. The average molecular weight is 310 g/mol. The first kappa shape index (κ1) is 16.5. The lowest BCUT2D eigenvalue weighted by Gasteiger charge is -2.15. The molecule has 2 rings (SSSR count). The van der Waals surface area contributed by atoms with Crippen molar-refractivity contribution in [2.75, 3.05) is 13.6 Å². The molecule has 0 bridgehead atoms. The lowest BCUT2D eigenvalue weighted by molar-refractivity contribution is 0.537. The summed E-state index contributed by atoms with van der Waals surface area (Å²) in [5.74, 6) is 0.455. The second-order valence-corrected chi connectivity index (χ2v) is 8.33. The van der Waals surface area contributed by atoms with Gasteiger partial charge >= 0.3 is 0 Å². The normalized spacial score (nSPS) is 22.0. The Hall–Kier alpha value is -0.910. The fourth-order valence-electron chi connectivity index (χ4n) is 2.72. The third-order valence-corrected chi connectivity index (χ3v) is 5.99. The Kier molecular flexibility index (Phi) is 4.76. The summed E-state index contributed by atoms with van der Waals surface area (Å²) in [6.45, 7) is 6.95. The third kappa shape index (κ3) is 3.84. The van der Waals surface area contributed by atoms with Crippen LogP contribution in [0, 0.1) is 11.3 Å². The van der Waals surface area contributed by atoms with Crippen molar-refractivity contribution in [2.45, 2.75) is 44.6 Å². The van der Waals surface area contributed by atoms with Crippen LogP contribution in [0.3, 0.4) is 0 Å². The zero-order valence-electron chi connectivity index (χ0n) is 13.3. The molecule has 2 atom stereocenters. The van der Waals surface area contributed by atoms with Crippen molar-refractivity contribution in [1.29, 1.82) is 0 Å². The molecule has 0 heterocycles. The van der Waals surface area contributed by atoms with Crippen LogP contribution in [0.15, 0.2) is 29.2 Å². The smallest absolute Gasteiger partial charge is 0.240 e. The second-order valence-electron chi connectivity index (χ2n) is 6.56. The summed E-state index contributed by atoms with van der Waals surface area (Å²) in [6, 6.07) is 7.39. The Morgan fingerprint density at radius 3 is 2.57 bits per heavy atom. The number of benzene rings is 1. The summed E-state index contributed by atoms with van der Waals surface area (Å²) in [4.78, 5) is 0.354. The first-order chi connectivity index (χ1) is 9.80. The van der Waals surface area contributed by atoms with Gasteiger partial charge in [0.05, 0.1) is 4.90 Å². The molecule has 0 amide bonds. The van der Waals surface area contributed by atoms with Gasteiger partial charge in [-0.1, -0.05) is 32.9 Å². The van der Waals surface area contributed by atoms with Crippen LogP contribution in [-0.2, 0) is 10.0 Å². The number of hydrogen-bond acceptors (Lipinski definition) is 3. The minimum absolute atomic E-state index is 0.183. The van der Waals surface area contributed by atoms with Crippen molar-refractivity contribution in [3.63, 3.8) is 0 Å². The lowest BCUT2D eigenvalue weighted by Crippen LogP contribution is -2.27. The SMILES string of the molecule is CCC(NC)c1cccc(S(=O)(=O)NCC2CC2(C)C)c1. The second kappa shape index (κ2) is 6.07. The molecule has 2 N–H and O–H groups in total. The highest BCUT2D eigenvalue weighted by Gasteiger charge is 2.45. The van der Waals surface area contributed by atoms with Crippen molar-refractivity contribution >= 4 is 10.0 Å². The Morgan fingerprint density at radius 2 is 2.05 bits per heavy atom. The lowest BCUT2D eigenvalue weighted by atomic mass is 10.1. The van der Waals surface area contributed by atoms with Crippen molar-refractivity contribution in [2.24, 2.45) is 11.3 Å². The molecule has 0 saturated heterocycles. The maximum Gasteiger partial charge on any atom is 0.240 e. The molecule has 1 aliphatic rings. The molecule has 2 unspecified atom stereocenters. The van der Waals surface area contributed by atoms with E-state index in [4.69, 9.17) is 0 Å². The number of sulfonamides is 1. The molecule has 0 aliphatic heterocycles. The van der Waals surface area contributed by atoms with Gasteiger partial charge in [0, 0.05) is 12.6 Å². The predicted molar refractivity (Wildman–Crippen MR) is 85.6 cm³/mol. The van der Waals surface area contributed by atoms with E-state index in [0.29, 0.717) is 17.4 Å². The van der Waals surface area contributed by atoms with Crippen LogP contribution < -0.4 is 10.0 Å². The summed E-state index contributed by atoms with van der Waals surface area (Å²) >= 11 is 0. The monoisotopic (exact) mass is 310 g/mol. The first-order valence-electron chi connectivity index (χ1n) is 7.57. The number of rotatable bonds is 7. The predicted octanol–water partition coefficient (Wildman–Crippen LogP) is 2.68. The molecule has 0 radical (unpaired) electrons. The molecule has 118 valence electrons. The zero-order chi connectivity index (χ0) is 15.7. The van der Waals surface area contributed by atoms with Crippen LogP contribution >= 0.6 is 0 Å². The molecule has 4 nitrogen and oxygen atoms in total. The van der Waals surface area contributed by atoms with E-state index >= 15 is 0 Å². The summed E-state index contributed by atoms with van der Waals surface area (Å²) in [6.07, 6.45) is 2.01. The van der Waals surface area contributed by atoms with E-state index in [9.17, 15) is 8.42 Å². The van der Waals surface area contributed by atoms with Gasteiger partial charge in [-0.3, -0.25) is 0 Å². The van der Waals surface area contributed by atoms with Crippen molar-refractivity contribution in [1.82, 2.24) is 10.0 Å². The van der Waals surface area contributed by atoms with Gasteiger partial charge in [0.15, 0.2) is 0 Å². The topological polar surface area (TPSA) is 58.2 Å². The first-order valence-corrected chi connectivity index (χ1v) is 9.05. The molecule has 1 fully saturated rings. The largest absolute Gasteiger partial charge is 0.313 e. The van der Waals surface area contributed by atoms with E-state index in [2.05, 4.69) is 30.8 Å². The van der Waals surface area contributed by atoms with E-state index in [-0.39, 0.29) is 11.5 Å². The third-order valence-electron chi connectivity index (χ3n) is 4.56. The summed E-state index contributed by atoms with van der Waals surface area (Å²) in [7, 11) is -1.52. The van der Waals surface area contributed by atoms with Gasteiger partial charge in [-0.25, -0.2) is 13.1 Å². The van der Waals surface area contributed by atoms with Gasteiger partial charge in [-0.2, -0.15) is 0 Å². The Balaban J connectivity index is 2.11. The summed E-state index contributed by atoms with van der Waals surface area (Å²) in [5.41, 5.74) is 1.29. The Bertz CT molecular complexity index is 592. The van der Waals surface area contributed by atoms with Crippen LogP contribution in [0.1, 0.15) is 45.2 Å². The Labute approximate surface area is 128 Å². The van der Waals surface area contributed by atoms with Crippen molar-refractivity contribution in [3.05, 3.63) is 29.8 Å². The zero-order valence-corrected chi connectivity index (χ0v) is 14.1. The van der Waals surface area contributed by atoms with E-state index in [1.54, 1.807) is 12.1 Å². The quantitative estimate of drug-likeness (QED) is 0.814. The van der Waals surface area contributed by atoms with E-state index in [1.165, 1.54) is 0 Å². The van der Waals surface area contributed by atoms with E-state index < -0.39 is 10.0 Å². The van der Waals surface area contributed by atoms with Crippen LogP contribution in [0.25, 0.3) is 0 Å². The average Bonchev–Trinajstić information content (AvgIpc) is 3.06. The fraction of sp³-hybridized carbons (Fsp3) is 0.625. The molecule has 1 aromatic carbocycles. The highest BCUT2D eigenvalue weighted by Crippen LogP contribution is 2.51. The fourth-order valence-corrected chi connectivity index (χ4v) is 3.86. The van der Waals surface area contributed by atoms with Crippen LogP contribution in [0.4, 0.5) is 0 Å². The molecule has 0 spiro atoms.